The molecule has 0 bridgehead atoms. The SMILES string of the molecule is CCNC(C)c1cccnc1N(CC)CC(C)C. The summed E-state index contributed by atoms with van der Waals surface area (Å²) in [6, 6.07) is 4.55. The van der Waals surface area contributed by atoms with Crippen molar-refractivity contribution in [3.8, 4) is 0 Å². The lowest BCUT2D eigenvalue weighted by Crippen LogP contribution is -2.30. The molecule has 0 amide bonds. The lowest BCUT2D eigenvalue weighted by atomic mass is 10.1. The van der Waals surface area contributed by atoms with Crippen molar-refractivity contribution in [1.29, 1.82) is 0 Å². The molecule has 18 heavy (non-hydrogen) atoms. The van der Waals surface area contributed by atoms with Gasteiger partial charge in [-0.05, 0) is 32.4 Å². The number of nitrogens with one attached hydrogen (secondary N) is 1. The van der Waals surface area contributed by atoms with Crippen LogP contribution in [0.3, 0.4) is 0 Å². The molecular formula is C15H27N3. The van der Waals surface area contributed by atoms with Gasteiger partial charge in [-0.1, -0.05) is 26.8 Å². The first-order valence-corrected chi connectivity index (χ1v) is 7.03. The fourth-order valence-electron chi connectivity index (χ4n) is 2.23. The minimum absolute atomic E-state index is 0.347. The van der Waals surface area contributed by atoms with Crippen LogP contribution in [0.1, 0.15) is 46.2 Å². The zero-order valence-corrected chi connectivity index (χ0v) is 12.4. The molecule has 0 radical (unpaired) electrons. The lowest BCUT2D eigenvalue weighted by Gasteiger charge is -2.28. The minimum Gasteiger partial charge on any atom is -0.356 e. The number of aromatic nitrogens is 1. The van der Waals surface area contributed by atoms with Gasteiger partial charge in [-0.3, -0.25) is 0 Å². The molecule has 3 nitrogen and oxygen atoms in total. The Morgan fingerprint density at radius 2 is 2.00 bits per heavy atom. The van der Waals surface area contributed by atoms with Gasteiger partial charge in [0, 0.05) is 30.9 Å². The van der Waals surface area contributed by atoms with Gasteiger partial charge in [0.15, 0.2) is 0 Å². The Balaban J connectivity index is 2.98. The van der Waals surface area contributed by atoms with Crippen LogP contribution in [-0.2, 0) is 0 Å². The highest BCUT2D eigenvalue weighted by molar-refractivity contribution is 5.48. The Bertz CT molecular complexity index is 349. The first-order chi connectivity index (χ1) is 8.60. The minimum atomic E-state index is 0.347. The van der Waals surface area contributed by atoms with Crippen LogP contribution in [0, 0.1) is 5.92 Å². The Morgan fingerprint density at radius 3 is 2.56 bits per heavy atom. The van der Waals surface area contributed by atoms with E-state index in [1.807, 2.05) is 12.3 Å². The van der Waals surface area contributed by atoms with E-state index in [1.165, 1.54) is 5.56 Å². The second-order valence-corrected chi connectivity index (χ2v) is 5.13. The molecule has 1 atom stereocenters. The topological polar surface area (TPSA) is 28.2 Å². The third-order valence-electron chi connectivity index (χ3n) is 3.06. The maximum Gasteiger partial charge on any atom is 0.133 e. The molecule has 3 heteroatoms. The van der Waals surface area contributed by atoms with Crippen molar-refractivity contribution < 1.29 is 0 Å². The summed E-state index contributed by atoms with van der Waals surface area (Å²) in [6.07, 6.45) is 1.89. The summed E-state index contributed by atoms with van der Waals surface area (Å²) >= 11 is 0. The van der Waals surface area contributed by atoms with E-state index in [0.29, 0.717) is 12.0 Å². The van der Waals surface area contributed by atoms with Crippen molar-refractivity contribution in [2.24, 2.45) is 5.92 Å². The fraction of sp³-hybridized carbons (Fsp3) is 0.667. The number of hydrogen-bond donors (Lipinski definition) is 1. The number of pyridine rings is 1. The molecule has 0 saturated heterocycles. The van der Waals surface area contributed by atoms with Gasteiger partial charge >= 0.3 is 0 Å². The van der Waals surface area contributed by atoms with Gasteiger partial charge in [-0.2, -0.15) is 0 Å². The first kappa shape index (κ1) is 15.0. The maximum atomic E-state index is 4.59. The van der Waals surface area contributed by atoms with Crippen molar-refractivity contribution in [3.05, 3.63) is 23.9 Å². The van der Waals surface area contributed by atoms with E-state index < -0.39 is 0 Å². The Hall–Kier alpha value is -1.09. The Labute approximate surface area is 112 Å². The van der Waals surface area contributed by atoms with Crippen LogP contribution in [-0.4, -0.2) is 24.6 Å². The lowest BCUT2D eigenvalue weighted by molar-refractivity contribution is 0.580. The second kappa shape index (κ2) is 7.37. The van der Waals surface area contributed by atoms with Crippen molar-refractivity contribution >= 4 is 5.82 Å². The van der Waals surface area contributed by atoms with E-state index in [2.05, 4.69) is 55.9 Å². The highest BCUT2D eigenvalue weighted by Crippen LogP contribution is 2.24. The van der Waals surface area contributed by atoms with Crippen molar-refractivity contribution in [1.82, 2.24) is 10.3 Å². The third-order valence-corrected chi connectivity index (χ3v) is 3.06. The molecule has 0 aliphatic rings. The second-order valence-electron chi connectivity index (χ2n) is 5.13. The van der Waals surface area contributed by atoms with Gasteiger partial charge in [0.25, 0.3) is 0 Å². The molecule has 1 unspecified atom stereocenters. The van der Waals surface area contributed by atoms with Gasteiger partial charge in [-0.25, -0.2) is 4.98 Å². The summed E-state index contributed by atoms with van der Waals surface area (Å²) in [5.41, 5.74) is 1.29. The van der Waals surface area contributed by atoms with Gasteiger partial charge in [0.05, 0.1) is 0 Å². The van der Waals surface area contributed by atoms with Gasteiger partial charge in [0.1, 0.15) is 5.82 Å². The van der Waals surface area contributed by atoms with Crippen molar-refractivity contribution in [3.63, 3.8) is 0 Å². The molecule has 1 rings (SSSR count). The van der Waals surface area contributed by atoms with Crippen LogP contribution in [0.15, 0.2) is 18.3 Å². The molecular weight excluding hydrogens is 222 g/mol. The molecule has 0 fully saturated rings. The van der Waals surface area contributed by atoms with Crippen LogP contribution in [0.2, 0.25) is 0 Å². The summed E-state index contributed by atoms with van der Waals surface area (Å²) in [5.74, 6) is 1.77. The van der Waals surface area contributed by atoms with Crippen LogP contribution in [0.4, 0.5) is 5.82 Å². The van der Waals surface area contributed by atoms with Crippen LogP contribution >= 0.6 is 0 Å². The predicted octanol–water partition coefficient (Wildman–Crippen LogP) is 3.23. The summed E-state index contributed by atoms with van der Waals surface area (Å²) in [4.78, 5) is 6.96. The molecule has 0 aliphatic carbocycles. The zero-order valence-electron chi connectivity index (χ0n) is 12.4. The Morgan fingerprint density at radius 1 is 1.28 bits per heavy atom. The van der Waals surface area contributed by atoms with E-state index in [9.17, 15) is 0 Å². The van der Waals surface area contributed by atoms with Gasteiger partial charge in [0.2, 0.25) is 0 Å². The largest absolute Gasteiger partial charge is 0.356 e. The summed E-state index contributed by atoms with van der Waals surface area (Å²) in [6.45, 7) is 14.1. The average Bonchev–Trinajstić information content (AvgIpc) is 2.36. The molecule has 1 aromatic rings. The third kappa shape index (κ3) is 3.98. The molecule has 0 aromatic carbocycles. The molecule has 1 aromatic heterocycles. The molecule has 0 spiro atoms. The quantitative estimate of drug-likeness (QED) is 0.804. The normalized spacial score (nSPS) is 12.8. The van der Waals surface area contributed by atoms with E-state index in [0.717, 1.165) is 25.5 Å². The van der Waals surface area contributed by atoms with Crippen LogP contribution in [0.25, 0.3) is 0 Å². The van der Waals surface area contributed by atoms with E-state index >= 15 is 0 Å². The van der Waals surface area contributed by atoms with E-state index in [1.54, 1.807) is 0 Å². The van der Waals surface area contributed by atoms with E-state index in [-0.39, 0.29) is 0 Å². The number of anilines is 1. The standard InChI is InChI=1S/C15H27N3/c1-6-16-13(5)14-9-8-10-17-15(14)18(7-2)11-12(3)4/h8-10,12-13,16H,6-7,11H2,1-5H3. The fourth-order valence-corrected chi connectivity index (χ4v) is 2.23. The molecule has 1 N–H and O–H groups in total. The number of rotatable bonds is 7. The Kier molecular flexibility index (Phi) is 6.13. The van der Waals surface area contributed by atoms with Gasteiger partial charge < -0.3 is 10.2 Å². The smallest absolute Gasteiger partial charge is 0.133 e. The van der Waals surface area contributed by atoms with E-state index in [4.69, 9.17) is 0 Å². The highest BCUT2D eigenvalue weighted by atomic mass is 15.2. The molecule has 1 heterocycles. The predicted molar refractivity (Wildman–Crippen MR) is 79.1 cm³/mol. The number of hydrogen-bond acceptors (Lipinski definition) is 3. The van der Waals surface area contributed by atoms with Crippen molar-refractivity contribution in [2.45, 2.75) is 40.7 Å². The van der Waals surface area contributed by atoms with Crippen LogP contribution < -0.4 is 10.2 Å². The molecule has 0 saturated carbocycles. The summed E-state index contributed by atoms with van der Waals surface area (Å²) < 4.78 is 0. The highest BCUT2D eigenvalue weighted by Gasteiger charge is 2.15. The first-order valence-electron chi connectivity index (χ1n) is 7.03. The zero-order chi connectivity index (χ0) is 13.5. The molecule has 102 valence electrons. The summed E-state index contributed by atoms with van der Waals surface area (Å²) in [5, 5.41) is 3.47. The molecule has 0 aliphatic heterocycles. The van der Waals surface area contributed by atoms with Crippen molar-refractivity contribution in [2.75, 3.05) is 24.5 Å². The average molecular weight is 249 g/mol. The number of nitrogens with zero attached hydrogens (tertiary/aromatic N) is 2. The summed E-state index contributed by atoms with van der Waals surface area (Å²) in [7, 11) is 0. The van der Waals surface area contributed by atoms with Gasteiger partial charge in [-0.15, -0.1) is 0 Å². The maximum absolute atomic E-state index is 4.59. The monoisotopic (exact) mass is 249 g/mol. The van der Waals surface area contributed by atoms with Crippen LogP contribution in [0.5, 0.6) is 0 Å².